The molecular formula is C11H13IN4. The molecule has 0 radical (unpaired) electrons. The summed E-state index contributed by atoms with van der Waals surface area (Å²) in [5.74, 6) is 0.821. The molecule has 0 spiro atoms. The quantitative estimate of drug-likeness (QED) is 0.877. The summed E-state index contributed by atoms with van der Waals surface area (Å²) in [5, 5.41) is 11.2. The number of aromatic nitrogens is 3. The van der Waals surface area contributed by atoms with Crippen LogP contribution in [0.15, 0.2) is 30.6 Å². The summed E-state index contributed by atoms with van der Waals surface area (Å²) in [7, 11) is 0. The van der Waals surface area contributed by atoms with Gasteiger partial charge in [-0.2, -0.15) is 0 Å². The minimum Gasteiger partial charge on any atom is -0.350 e. The molecule has 0 saturated heterocycles. The molecule has 0 saturated carbocycles. The van der Waals surface area contributed by atoms with E-state index in [1.165, 1.54) is 9.13 Å². The van der Waals surface area contributed by atoms with Crippen molar-refractivity contribution >= 4 is 28.5 Å². The van der Waals surface area contributed by atoms with Crippen LogP contribution < -0.4 is 5.32 Å². The van der Waals surface area contributed by atoms with Gasteiger partial charge in [-0.15, -0.1) is 10.2 Å². The van der Waals surface area contributed by atoms with E-state index in [9.17, 15) is 0 Å². The van der Waals surface area contributed by atoms with E-state index in [2.05, 4.69) is 69.3 Å². The molecule has 1 heterocycles. The summed E-state index contributed by atoms with van der Waals surface area (Å²) < 4.78 is 3.22. The standard InChI is InChI=1S/C11H13IN4/c1-2-16-8-14-15-11(16)13-7-9-4-3-5-10(12)6-9/h3-6,8H,2,7H2,1H3,(H,13,15). The average Bonchev–Trinajstić information content (AvgIpc) is 2.74. The first-order valence-electron chi connectivity index (χ1n) is 5.15. The van der Waals surface area contributed by atoms with Gasteiger partial charge in [-0.1, -0.05) is 12.1 Å². The molecule has 5 heteroatoms. The fourth-order valence-corrected chi connectivity index (χ4v) is 2.06. The van der Waals surface area contributed by atoms with Crippen molar-refractivity contribution < 1.29 is 0 Å². The van der Waals surface area contributed by atoms with Gasteiger partial charge in [-0.25, -0.2) is 0 Å². The molecule has 1 aromatic heterocycles. The lowest BCUT2D eigenvalue weighted by Crippen LogP contribution is -2.06. The summed E-state index contributed by atoms with van der Waals surface area (Å²) in [4.78, 5) is 0. The molecule has 0 aliphatic carbocycles. The number of nitrogens with zero attached hydrogens (tertiary/aromatic N) is 3. The zero-order valence-corrected chi connectivity index (χ0v) is 11.2. The van der Waals surface area contributed by atoms with Gasteiger partial charge in [-0.3, -0.25) is 0 Å². The Bertz CT molecular complexity index is 467. The maximum absolute atomic E-state index is 4.02. The highest BCUT2D eigenvalue weighted by Gasteiger charge is 2.01. The number of benzene rings is 1. The molecular weight excluding hydrogens is 315 g/mol. The Balaban J connectivity index is 2.02. The van der Waals surface area contributed by atoms with Gasteiger partial charge >= 0.3 is 0 Å². The van der Waals surface area contributed by atoms with E-state index < -0.39 is 0 Å². The summed E-state index contributed by atoms with van der Waals surface area (Å²) in [5.41, 5.74) is 1.25. The van der Waals surface area contributed by atoms with Crippen LogP contribution in [0.1, 0.15) is 12.5 Å². The fraction of sp³-hybridized carbons (Fsp3) is 0.273. The minimum absolute atomic E-state index is 0.773. The number of hydrogen-bond donors (Lipinski definition) is 1. The van der Waals surface area contributed by atoms with E-state index in [1.54, 1.807) is 6.33 Å². The van der Waals surface area contributed by atoms with E-state index in [4.69, 9.17) is 0 Å². The van der Waals surface area contributed by atoms with Crippen molar-refractivity contribution in [1.29, 1.82) is 0 Å². The molecule has 0 fully saturated rings. The second kappa shape index (κ2) is 5.29. The second-order valence-corrected chi connectivity index (χ2v) is 4.67. The van der Waals surface area contributed by atoms with Crippen LogP contribution in [0.4, 0.5) is 5.95 Å². The van der Waals surface area contributed by atoms with Crippen molar-refractivity contribution in [3.8, 4) is 0 Å². The molecule has 84 valence electrons. The van der Waals surface area contributed by atoms with Crippen molar-refractivity contribution in [2.75, 3.05) is 5.32 Å². The SMILES string of the molecule is CCn1cnnc1NCc1cccc(I)c1. The molecule has 0 atom stereocenters. The summed E-state index contributed by atoms with van der Waals surface area (Å²) >= 11 is 2.31. The van der Waals surface area contributed by atoms with Gasteiger partial charge in [0.1, 0.15) is 6.33 Å². The maximum atomic E-state index is 4.02. The van der Waals surface area contributed by atoms with Crippen LogP contribution in [0, 0.1) is 3.57 Å². The second-order valence-electron chi connectivity index (χ2n) is 3.42. The molecule has 2 rings (SSSR count). The van der Waals surface area contributed by atoms with Crippen LogP contribution in [0.3, 0.4) is 0 Å². The zero-order chi connectivity index (χ0) is 11.4. The van der Waals surface area contributed by atoms with Crippen LogP contribution >= 0.6 is 22.6 Å². The van der Waals surface area contributed by atoms with Crippen molar-refractivity contribution in [1.82, 2.24) is 14.8 Å². The number of hydrogen-bond acceptors (Lipinski definition) is 3. The van der Waals surface area contributed by atoms with E-state index in [-0.39, 0.29) is 0 Å². The Kier molecular flexibility index (Phi) is 3.76. The number of anilines is 1. The number of aryl methyl sites for hydroxylation is 1. The monoisotopic (exact) mass is 328 g/mol. The first-order valence-corrected chi connectivity index (χ1v) is 6.23. The average molecular weight is 328 g/mol. The van der Waals surface area contributed by atoms with Gasteiger partial charge in [0.2, 0.25) is 5.95 Å². The highest BCUT2D eigenvalue weighted by atomic mass is 127. The third-order valence-electron chi connectivity index (χ3n) is 2.30. The Morgan fingerprint density at radius 1 is 1.44 bits per heavy atom. The predicted octanol–water partition coefficient (Wildman–Crippen LogP) is 2.51. The lowest BCUT2D eigenvalue weighted by molar-refractivity contribution is 0.760. The van der Waals surface area contributed by atoms with Crippen LogP contribution in [0.2, 0.25) is 0 Å². The first-order chi connectivity index (χ1) is 7.79. The molecule has 0 bridgehead atoms. The van der Waals surface area contributed by atoms with E-state index in [1.807, 2.05) is 4.57 Å². The molecule has 1 N–H and O–H groups in total. The van der Waals surface area contributed by atoms with Gasteiger partial charge in [0, 0.05) is 16.7 Å². The lowest BCUT2D eigenvalue weighted by atomic mass is 10.2. The smallest absolute Gasteiger partial charge is 0.224 e. The van der Waals surface area contributed by atoms with Crippen LogP contribution in [0.5, 0.6) is 0 Å². The van der Waals surface area contributed by atoms with Crippen molar-refractivity contribution in [3.05, 3.63) is 39.7 Å². The highest BCUT2D eigenvalue weighted by molar-refractivity contribution is 14.1. The van der Waals surface area contributed by atoms with Crippen LogP contribution in [0.25, 0.3) is 0 Å². The third-order valence-corrected chi connectivity index (χ3v) is 2.97. The van der Waals surface area contributed by atoms with Crippen molar-refractivity contribution in [2.24, 2.45) is 0 Å². The zero-order valence-electron chi connectivity index (χ0n) is 9.02. The van der Waals surface area contributed by atoms with E-state index in [0.29, 0.717) is 0 Å². The molecule has 2 aromatic rings. The van der Waals surface area contributed by atoms with Crippen LogP contribution in [-0.4, -0.2) is 14.8 Å². The van der Waals surface area contributed by atoms with Gasteiger partial charge in [0.05, 0.1) is 0 Å². The molecule has 4 nitrogen and oxygen atoms in total. The van der Waals surface area contributed by atoms with Gasteiger partial charge in [0.15, 0.2) is 0 Å². The van der Waals surface area contributed by atoms with Gasteiger partial charge < -0.3 is 9.88 Å². The number of nitrogens with one attached hydrogen (secondary N) is 1. The third kappa shape index (κ3) is 2.72. The molecule has 0 aliphatic rings. The van der Waals surface area contributed by atoms with Crippen molar-refractivity contribution in [2.45, 2.75) is 20.0 Å². The highest BCUT2D eigenvalue weighted by Crippen LogP contribution is 2.10. The number of rotatable bonds is 4. The Labute approximate surface area is 108 Å². The fourth-order valence-electron chi connectivity index (χ4n) is 1.45. The largest absolute Gasteiger partial charge is 0.350 e. The number of halogens is 1. The summed E-state index contributed by atoms with van der Waals surface area (Å²) in [6.07, 6.45) is 1.73. The molecule has 0 aliphatic heterocycles. The molecule has 0 amide bonds. The van der Waals surface area contributed by atoms with Crippen LogP contribution in [-0.2, 0) is 13.1 Å². The topological polar surface area (TPSA) is 42.7 Å². The Morgan fingerprint density at radius 2 is 2.31 bits per heavy atom. The molecule has 1 aromatic carbocycles. The van der Waals surface area contributed by atoms with E-state index in [0.717, 1.165) is 19.0 Å². The minimum atomic E-state index is 0.773. The van der Waals surface area contributed by atoms with E-state index >= 15 is 0 Å². The predicted molar refractivity (Wildman–Crippen MR) is 72.2 cm³/mol. The Hall–Kier alpha value is -1.11. The lowest BCUT2D eigenvalue weighted by Gasteiger charge is -2.06. The molecule has 16 heavy (non-hydrogen) atoms. The summed E-state index contributed by atoms with van der Waals surface area (Å²) in [6.45, 7) is 3.72. The van der Waals surface area contributed by atoms with Crippen molar-refractivity contribution in [3.63, 3.8) is 0 Å². The Morgan fingerprint density at radius 3 is 3.06 bits per heavy atom. The maximum Gasteiger partial charge on any atom is 0.224 e. The summed E-state index contributed by atoms with van der Waals surface area (Å²) in [6, 6.07) is 8.39. The normalized spacial score (nSPS) is 10.4. The molecule has 0 unspecified atom stereocenters. The van der Waals surface area contributed by atoms with Gasteiger partial charge in [0.25, 0.3) is 0 Å². The first kappa shape index (κ1) is 11.4. The van der Waals surface area contributed by atoms with Gasteiger partial charge in [-0.05, 0) is 47.2 Å².